The number of nitrogens with zero attached hydrogens (tertiary/aromatic N) is 2. The van der Waals surface area contributed by atoms with Crippen molar-refractivity contribution in [3.8, 4) is 5.88 Å². The van der Waals surface area contributed by atoms with E-state index in [9.17, 15) is 0 Å². The lowest BCUT2D eigenvalue weighted by Gasteiger charge is -2.17. The van der Waals surface area contributed by atoms with Gasteiger partial charge in [0.15, 0.2) is 0 Å². The average molecular weight is 291 g/mol. The highest BCUT2D eigenvalue weighted by molar-refractivity contribution is 5.48. The van der Waals surface area contributed by atoms with Crippen LogP contribution in [-0.4, -0.2) is 23.6 Å². The smallest absolute Gasteiger partial charge is 0.221 e. The Balaban J connectivity index is 2.05. The summed E-state index contributed by atoms with van der Waals surface area (Å²) in [5.41, 5.74) is 1.02. The number of hydrogen-bond acceptors (Lipinski definition) is 4. The van der Waals surface area contributed by atoms with Crippen LogP contribution in [0, 0.1) is 12.8 Å². The summed E-state index contributed by atoms with van der Waals surface area (Å²) in [6, 6.07) is 0. The van der Waals surface area contributed by atoms with Gasteiger partial charge in [-0.1, -0.05) is 33.1 Å². The third-order valence-electron chi connectivity index (χ3n) is 4.30. The van der Waals surface area contributed by atoms with Crippen LogP contribution in [0.4, 0.5) is 5.82 Å². The van der Waals surface area contributed by atoms with Crippen LogP contribution >= 0.6 is 0 Å². The average Bonchev–Trinajstić information content (AvgIpc) is 3.33. The fourth-order valence-corrected chi connectivity index (χ4v) is 2.52. The molecule has 4 heteroatoms. The van der Waals surface area contributed by atoms with Crippen LogP contribution in [0.3, 0.4) is 0 Å². The molecule has 1 atom stereocenters. The summed E-state index contributed by atoms with van der Waals surface area (Å²) in [6.07, 6.45) is 7.35. The van der Waals surface area contributed by atoms with Crippen LogP contribution in [0.25, 0.3) is 0 Å². The molecule has 4 nitrogen and oxygen atoms in total. The van der Waals surface area contributed by atoms with Crippen molar-refractivity contribution in [3.63, 3.8) is 0 Å². The number of ether oxygens (including phenoxy) is 1. The second-order valence-corrected chi connectivity index (χ2v) is 6.11. The summed E-state index contributed by atoms with van der Waals surface area (Å²) in [6.45, 7) is 7.28. The zero-order valence-electron chi connectivity index (χ0n) is 13.9. The maximum absolute atomic E-state index is 6.06. The van der Waals surface area contributed by atoms with Crippen LogP contribution in [0.5, 0.6) is 5.88 Å². The van der Waals surface area contributed by atoms with E-state index in [1.807, 2.05) is 14.0 Å². The highest BCUT2D eigenvalue weighted by Gasteiger charge is 2.28. The van der Waals surface area contributed by atoms with E-state index < -0.39 is 0 Å². The van der Waals surface area contributed by atoms with E-state index in [4.69, 9.17) is 4.74 Å². The van der Waals surface area contributed by atoms with Crippen molar-refractivity contribution in [2.75, 3.05) is 19.0 Å². The molecule has 118 valence electrons. The predicted molar refractivity (Wildman–Crippen MR) is 87.1 cm³/mol. The van der Waals surface area contributed by atoms with Crippen LogP contribution in [0.2, 0.25) is 0 Å². The molecule has 1 fully saturated rings. The Labute approximate surface area is 128 Å². The number of nitrogens with one attached hydrogen (secondary N) is 1. The molecule has 1 heterocycles. The standard InChI is InChI=1S/C17H29N3O/c1-5-7-8-13(6-2)11-21-17-12(3)15(18-4)19-16(20-17)14-9-10-14/h13-14H,5-11H2,1-4H3,(H,18,19,20). The van der Waals surface area contributed by atoms with E-state index >= 15 is 0 Å². The molecule has 0 saturated heterocycles. The Kier molecular flexibility index (Phi) is 5.83. The van der Waals surface area contributed by atoms with Crippen molar-refractivity contribution in [3.05, 3.63) is 11.4 Å². The first-order valence-corrected chi connectivity index (χ1v) is 8.38. The van der Waals surface area contributed by atoms with Crippen molar-refractivity contribution in [1.29, 1.82) is 0 Å². The molecule has 1 aromatic rings. The molecule has 1 saturated carbocycles. The maximum Gasteiger partial charge on any atom is 0.221 e. The highest BCUT2D eigenvalue weighted by atomic mass is 16.5. The molecule has 1 aliphatic carbocycles. The SMILES string of the molecule is CCCCC(CC)COc1nc(C2CC2)nc(NC)c1C. The summed E-state index contributed by atoms with van der Waals surface area (Å²) in [5.74, 6) is 3.79. The van der Waals surface area contributed by atoms with Gasteiger partial charge < -0.3 is 10.1 Å². The van der Waals surface area contributed by atoms with Crippen molar-refractivity contribution in [2.45, 2.75) is 65.2 Å². The fourth-order valence-electron chi connectivity index (χ4n) is 2.52. The van der Waals surface area contributed by atoms with Gasteiger partial charge in [-0.3, -0.25) is 0 Å². The highest BCUT2D eigenvalue weighted by Crippen LogP contribution is 2.40. The third-order valence-corrected chi connectivity index (χ3v) is 4.30. The van der Waals surface area contributed by atoms with Gasteiger partial charge in [0.05, 0.1) is 12.2 Å². The molecule has 0 radical (unpaired) electrons. The molecule has 2 rings (SSSR count). The number of rotatable bonds is 9. The van der Waals surface area contributed by atoms with Crippen LogP contribution < -0.4 is 10.1 Å². The molecular formula is C17H29N3O. The number of hydrogen-bond donors (Lipinski definition) is 1. The summed E-state index contributed by atoms with van der Waals surface area (Å²) >= 11 is 0. The lowest BCUT2D eigenvalue weighted by molar-refractivity contribution is 0.224. The zero-order valence-corrected chi connectivity index (χ0v) is 13.9. The second-order valence-electron chi connectivity index (χ2n) is 6.11. The molecular weight excluding hydrogens is 262 g/mol. The van der Waals surface area contributed by atoms with E-state index in [1.54, 1.807) is 0 Å². The Morgan fingerprint density at radius 1 is 1.29 bits per heavy atom. The summed E-state index contributed by atoms with van der Waals surface area (Å²) in [4.78, 5) is 9.26. The normalized spacial score (nSPS) is 15.8. The molecule has 1 aliphatic rings. The van der Waals surface area contributed by atoms with Gasteiger partial charge in [0.25, 0.3) is 0 Å². The van der Waals surface area contributed by atoms with Gasteiger partial charge in [-0.15, -0.1) is 0 Å². The summed E-state index contributed by atoms with van der Waals surface area (Å²) < 4.78 is 6.06. The molecule has 0 aromatic carbocycles. The topological polar surface area (TPSA) is 47.0 Å². The van der Waals surface area contributed by atoms with Gasteiger partial charge in [-0.25, -0.2) is 4.98 Å². The first-order valence-electron chi connectivity index (χ1n) is 8.38. The van der Waals surface area contributed by atoms with Crippen molar-refractivity contribution < 1.29 is 4.74 Å². The molecule has 0 aliphatic heterocycles. The summed E-state index contributed by atoms with van der Waals surface area (Å²) in [5, 5.41) is 3.16. The number of unbranched alkanes of at least 4 members (excludes halogenated alkanes) is 1. The lowest BCUT2D eigenvalue weighted by Crippen LogP contribution is -2.14. The van der Waals surface area contributed by atoms with Gasteiger partial charge in [-0.05, 0) is 32.1 Å². The predicted octanol–water partition coefficient (Wildman–Crippen LogP) is 4.30. The van der Waals surface area contributed by atoms with E-state index in [1.165, 1.54) is 38.5 Å². The molecule has 1 N–H and O–H groups in total. The van der Waals surface area contributed by atoms with E-state index in [2.05, 4.69) is 29.1 Å². The number of aromatic nitrogens is 2. The lowest BCUT2D eigenvalue weighted by atomic mass is 10.0. The maximum atomic E-state index is 6.06. The Morgan fingerprint density at radius 2 is 2.05 bits per heavy atom. The monoisotopic (exact) mass is 291 g/mol. The molecule has 1 unspecified atom stereocenters. The molecule has 1 aromatic heterocycles. The van der Waals surface area contributed by atoms with Crippen LogP contribution in [0.1, 0.15) is 69.7 Å². The van der Waals surface area contributed by atoms with E-state index in [0.29, 0.717) is 11.8 Å². The van der Waals surface area contributed by atoms with Crippen LogP contribution in [-0.2, 0) is 0 Å². The van der Waals surface area contributed by atoms with Crippen molar-refractivity contribution in [2.24, 2.45) is 5.92 Å². The van der Waals surface area contributed by atoms with Gasteiger partial charge in [0.1, 0.15) is 11.6 Å². The van der Waals surface area contributed by atoms with Crippen molar-refractivity contribution in [1.82, 2.24) is 9.97 Å². The third kappa shape index (κ3) is 4.32. The van der Waals surface area contributed by atoms with E-state index in [0.717, 1.165) is 29.7 Å². The zero-order chi connectivity index (χ0) is 15.2. The van der Waals surface area contributed by atoms with Crippen LogP contribution in [0.15, 0.2) is 0 Å². The first-order chi connectivity index (χ1) is 10.2. The molecule has 21 heavy (non-hydrogen) atoms. The minimum atomic E-state index is 0.544. The van der Waals surface area contributed by atoms with Gasteiger partial charge in [0, 0.05) is 13.0 Å². The summed E-state index contributed by atoms with van der Waals surface area (Å²) in [7, 11) is 1.91. The first kappa shape index (κ1) is 16.1. The molecule has 0 bridgehead atoms. The largest absolute Gasteiger partial charge is 0.477 e. The molecule has 0 amide bonds. The van der Waals surface area contributed by atoms with Crippen molar-refractivity contribution >= 4 is 5.82 Å². The molecule has 0 spiro atoms. The second kappa shape index (κ2) is 7.62. The van der Waals surface area contributed by atoms with E-state index in [-0.39, 0.29) is 0 Å². The van der Waals surface area contributed by atoms with Gasteiger partial charge in [-0.2, -0.15) is 4.98 Å². The quantitative estimate of drug-likeness (QED) is 0.737. The minimum absolute atomic E-state index is 0.544. The Hall–Kier alpha value is -1.32. The fraction of sp³-hybridized carbons (Fsp3) is 0.765. The van der Waals surface area contributed by atoms with Gasteiger partial charge in [0.2, 0.25) is 5.88 Å². The Morgan fingerprint density at radius 3 is 2.62 bits per heavy atom. The van der Waals surface area contributed by atoms with Gasteiger partial charge >= 0.3 is 0 Å². The number of anilines is 1. The Bertz CT molecular complexity index is 458. The minimum Gasteiger partial charge on any atom is -0.477 e.